The number of nitrogens with one attached hydrogen (secondary N) is 2. The minimum absolute atomic E-state index is 0.0946. The standard InChI is InChI=1S/C32H45F2N5O7/c33-32(34)11-6-23(7-12-32)36-26-10-16-38-27(40)20-39(29(42)21-45-19-18-44-17-13-35-31(43)30(26)38)24-8-14-37(15-9-24)28(41)22-46-25-4-2-1-3-5-25/h1-5,23-24,26,30,36H,6-22H2,(H,35,43)/t26-,30+/m1/s1. The first-order valence-electron chi connectivity index (χ1n) is 16.3. The molecule has 2 atom stereocenters. The molecule has 46 heavy (non-hydrogen) atoms. The maximum atomic E-state index is 13.9. The Hall–Kier alpha value is -3.36. The van der Waals surface area contributed by atoms with E-state index >= 15 is 0 Å². The van der Waals surface area contributed by atoms with E-state index in [9.17, 15) is 28.0 Å². The molecule has 1 aromatic carbocycles. The molecule has 254 valence electrons. The SMILES string of the molecule is O=C1NCCOCCOCC(=O)N(C2CCN(C(=O)COc3ccccc3)CC2)CC(=O)N2CC[C@@H](NC3CCC(F)(F)CC3)[C@@H]12. The molecule has 1 aromatic rings. The number of para-hydroxylation sites is 1. The van der Waals surface area contributed by atoms with E-state index in [-0.39, 0.29) is 94.7 Å². The van der Waals surface area contributed by atoms with Crippen molar-refractivity contribution in [2.45, 2.75) is 75.0 Å². The van der Waals surface area contributed by atoms with Crippen LogP contribution in [0.5, 0.6) is 5.75 Å². The topological polar surface area (TPSA) is 130 Å². The van der Waals surface area contributed by atoms with E-state index in [2.05, 4.69) is 10.6 Å². The molecule has 4 amide bonds. The molecule has 12 nitrogen and oxygen atoms in total. The van der Waals surface area contributed by atoms with Crippen LogP contribution in [-0.4, -0.2) is 134 Å². The van der Waals surface area contributed by atoms with Crippen molar-refractivity contribution in [1.29, 1.82) is 0 Å². The van der Waals surface area contributed by atoms with Crippen LogP contribution in [-0.2, 0) is 28.7 Å². The van der Waals surface area contributed by atoms with Crippen LogP contribution in [0.1, 0.15) is 44.9 Å². The second-order valence-electron chi connectivity index (χ2n) is 12.4. The molecule has 3 heterocycles. The third-order valence-corrected chi connectivity index (χ3v) is 9.29. The van der Waals surface area contributed by atoms with Gasteiger partial charge >= 0.3 is 0 Å². The normalized spacial score (nSPS) is 26.2. The number of rotatable bonds is 6. The van der Waals surface area contributed by atoms with Crippen molar-refractivity contribution in [1.82, 2.24) is 25.3 Å². The van der Waals surface area contributed by atoms with Crippen molar-refractivity contribution >= 4 is 23.6 Å². The van der Waals surface area contributed by atoms with Crippen molar-refractivity contribution in [2.24, 2.45) is 0 Å². The Kier molecular flexibility index (Phi) is 11.8. The molecule has 14 heteroatoms. The Morgan fingerprint density at radius 3 is 2.37 bits per heavy atom. The fraction of sp³-hybridized carbons (Fsp3) is 0.688. The lowest BCUT2D eigenvalue weighted by molar-refractivity contribution is -0.149. The van der Waals surface area contributed by atoms with E-state index in [1.165, 1.54) is 9.80 Å². The summed E-state index contributed by atoms with van der Waals surface area (Å²) >= 11 is 0. The first-order valence-corrected chi connectivity index (χ1v) is 16.3. The van der Waals surface area contributed by atoms with Gasteiger partial charge in [-0.15, -0.1) is 0 Å². The molecule has 0 spiro atoms. The second-order valence-corrected chi connectivity index (χ2v) is 12.4. The Balaban J connectivity index is 1.24. The Bertz CT molecular complexity index is 1190. The van der Waals surface area contributed by atoms with Crippen LogP contribution in [0.3, 0.4) is 0 Å². The quantitative estimate of drug-likeness (QED) is 0.471. The number of hydrogen-bond donors (Lipinski definition) is 2. The van der Waals surface area contributed by atoms with E-state index in [1.807, 2.05) is 18.2 Å². The highest BCUT2D eigenvalue weighted by atomic mass is 19.3. The van der Waals surface area contributed by atoms with E-state index in [1.54, 1.807) is 17.0 Å². The summed E-state index contributed by atoms with van der Waals surface area (Å²) in [4.78, 5) is 58.3. The first kappa shape index (κ1) is 34.0. The van der Waals surface area contributed by atoms with Gasteiger partial charge in [-0.1, -0.05) is 18.2 Å². The Morgan fingerprint density at radius 1 is 0.913 bits per heavy atom. The van der Waals surface area contributed by atoms with Gasteiger partial charge in [0.05, 0.1) is 19.8 Å². The maximum Gasteiger partial charge on any atom is 0.260 e. The zero-order chi connectivity index (χ0) is 32.5. The maximum absolute atomic E-state index is 13.9. The van der Waals surface area contributed by atoms with E-state index < -0.39 is 18.0 Å². The van der Waals surface area contributed by atoms with Gasteiger partial charge in [0.1, 0.15) is 24.9 Å². The second kappa shape index (κ2) is 16.0. The van der Waals surface area contributed by atoms with Gasteiger partial charge < -0.3 is 39.5 Å². The number of likely N-dealkylation sites (tertiary alicyclic amines) is 1. The smallest absolute Gasteiger partial charge is 0.260 e. The molecule has 4 aliphatic rings. The van der Waals surface area contributed by atoms with Crippen LogP contribution in [0.2, 0.25) is 0 Å². The summed E-state index contributed by atoms with van der Waals surface area (Å²) in [6.45, 7) is 1.42. The van der Waals surface area contributed by atoms with E-state index in [0.717, 1.165) is 0 Å². The number of carbonyl (C=O) groups excluding carboxylic acids is 4. The molecule has 5 rings (SSSR count). The number of hydrogen-bond acceptors (Lipinski definition) is 8. The van der Waals surface area contributed by atoms with Gasteiger partial charge in [-0.25, -0.2) is 8.78 Å². The number of alkyl halides is 2. The van der Waals surface area contributed by atoms with Crippen molar-refractivity contribution < 1.29 is 42.2 Å². The average Bonchev–Trinajstić information content (AvgIpc) is 3.48. The summed E-state index contributed by atoms with van der Waals surface area (Å²) in [6.07, 6.45) is 1.59. The Morgan fingerprint density at radius 2 is 1.63 bits per heavy atom. The van der Waals surface area contributed by atoms with E-state index in [4.69, 9.17) is 14.2 Å². The van der Waals surface area contributed by atoms with Crippen LogP contribution in [0, 0.1) is 0 Å². The minimum Gasteiger partial charge on any atom is -0.484 e. The fourth-order valence-corrected chi connectivity index (χ4v) is 6.73. The summed E-state index contributed by atoms with van der Waals surface area (Å²) in [5.41, 5.74) is 0. The van der Waals surface area contributed by atoms with E-state index in [0.29, 0.717) is 57.5 Å². The fourth-order valence-electron chi connectivity index (χ4n) is 6.73. The van der Waals surface area contributed by atoms with Crippen LogP contribution in [0.15, 0.2) is 30.3 Å². The summed E-state index contributed by atoms with van der Waals surface area (Å²) in [7, 11) is 0. The van der Waals surface area contributed by atoms with Gasteiger partial charge in [0.15, 0.2) is 6.61 Å². The zero-order valence-electron chi connectivity index (χ0n) is 26.2. The zero-order valence-corrected chi connectivity index (χ0v) is 26.2. The van der Waals surface area contributed by atoms with Gasteiger partial charge in [-0.05, 0) is 44.2 Å². The summed E-state index contributed by atoms with van der Waals surface area (Å²) in [5, 5.41) is 6.26. The number of carbonyl (C=O) groups is 4. The van der Waals surface area contributed by atoms with Crippen LogP contribution >= 0.6 is 0 Å². The number of ether oxygens (including phenoxy) is 3. The summed E-state index contributed by atoms with van der Waals surface area (Å²) in [5.74, 6) is -3.28. The monoisotopic (exact) mass is 649 g/mol. The van der Waals surface area contributed by atoms with Crippen LogP contribution < -0.4 is 15.4 Å². The van der Waals surface area contributed by atoms with Gasteiger partial charge in [-0.2, -0.15) is 0 Å². The lowest BCUT2D eigenvalue weighted by Crippen LogP contribution is -2.58. The molecular formula is C32H45F2N5O7. The molecular weight excluding hydrogens is 604 g/mol. The largest absolute Gasteiger partial charge is 0.484 e. The summed E-state index contributed by atoms with van der Waals surface area (Å²) in [6, 6.07) is 7.35. The van der Waals surface area contributed by atoms with Crippen molar-refractivity contribution in [2.75, 3.05) is 65.8 Å². The van der Waals surface area contributed by atoms with Crippen LogP contribution in [0.25, 0.3) is 0 Å². The van der Waals surface area contributed by atoms with Gasteiger partial charge in [-0.3, -0.25) is 19.2 Å². The summed E-state index contributed by atoms with van der Waals surface area (Å²) < 4.78 is 44.3. The molecule has 0 aromatic heterocycles. The number of nitrogens with zero attached hydrogens (tertiary/aromatic N) is 3. The lowest BCUT2D eigenvalue weighted by Gasteiger charge is -2.39. The molecule has 3 aliphatic heterocycles. The highest BCUT2D eigenvalue weighted by Gasteiger charge is 2.45. The molecule has 1 saturated carbocycles. The third-order valence-electron chi connectivity index (χ3n) is 9.29. The molecule has 1 aliphatic carbocycles. The van der Waals surface area contributed by atoms with Crippen molar-refractivity contribution in [3.63, 3.8) is 0 Å². The number of benzene rings is 1. The highest BCUT2D eigenvalue weighted by Crippen LogP contribution is 2.34. The number of piperidine rings is 1. The van der Waals surface area contributed by atoms with Crippen molar-refractivity contribution in [3.8, 4) is 5.75 Å². The number of amides is 4. The molecule has 0 bridgehead atoms. The number of halogens is 2. The van der Waals surface area contributed by atoms with Gasteiger partial charge in [0.2, 0.25) is 23.6 Å². The number of fused-ring (bicyclic) bond motifs is 1. The minimum atomic E-state index is -2.67. The first-order chi connectivity index (χ1) is 22.2. The van der Waals surface area contributed by atoms with Gasteiger partial charge in [0, 0.05) is 57.1 Å². The molecule has 0 unspecified atom stereocenters. The lowest BCUT2D eigenvalue weighted by atomic mass is 9.91. The average molecular weight is 650 g/mol. The third kappa shape index (κ3) is 9.13. The van der Waals surface area contributed by atoms with Gasteiger partial charge in [0.25, 0.3) is 5.91 Å². The Labute approximate surface area is 268 Å². The predicted octanol–water partition coefficient (Wildman–Crippen LogP) is 1.19. The van der Waals surface area contributed by atoms with Crippen LogP contribution in [0.4, 0.5) is 8.78 Å². The predicted molar refractivity (Wildman–Crippen MR) is 162 cm³/mol. The highest BCUT2D eigenvalue weighted by molar-refractivity contribution is 5.91. The molecule has 3 saturated heterocycles. The van der Waals surface area contributed by atoms with Crippen molar-refractivity contribution in [3.05, 3.63) is 30.3 Å². The molecule has 4 fully saturated rings. The molecule has 2 N–H and O–H groups in total. The molecule has 0 radical (unpaired) electrons.